The fourth-order valence-corrected chi connectivity index (χ4v) is 5.95. The molecule has 12 heteroatoms. The summed E-state index contributed by atoms with van der Waals surface area (Å²) in [7, 11) is -0.968. The molecule has 8 nitrogen and oxygen atoms in total. The third-order valence-electron chi connectivity index (χ3n) is 6.11. The van der Waals surface area contributed by atoms with Gasteiger partial charge in [0.2, 0.25) is 0 Å². The van der Waals surface area contributed by atoms with Crippen LogP contribution in [-0.4, -0.2) is 33.5 Å². The molecule has 0 spiro atoms. The molecule has 0 radical (unpaired) electrons. The Morgan fingerprint density at radius 2 is 1.67 bits per heavy atom. The van der Waals surface area contributed by atoms with Gasteiger partial charge in [-0.1, -0.05) is 12.1 Å². The van der Waals surface area contributed by atoms with Crippen molar-refractivity contribution < 1.29 is 31.4 Å². The van der Waals surface area contributed by atoms with Crippen LogP contribution in [0.3, 0.4) is 0 Å². The molecule has 0 bridgehead atoms. The number of fused-ring (bicyclic) bond motifs is 1. The lowest BCUT2D eigenvalue weighted by molar-refractivity contribution is 0.355. The molecule has 2 heterocycles. The number of rotatable bonds is 10. The van der Waals surface area contributed by atoms with Crippen molar-refractivity contribution in [2.75, 3.05) is 19.5 Å². The fourth-order valence-electron chi connectivity index (χ4n) is 4.16. The van der Waals surface area contributed by atoms with E-state index in [1.54, 1.807) is 24.3 Å². The fraction of sp³-hybridized carbons (Fsp3) is 0.133. The predicted molar refractivity (Wildman–Crippen MR) is 159 cm³/mol. The van der Waals surface area contributed by atoms with Gasteiger partial charge in [0.25, 0.3) is 10.0 Å². The summed E-state index contributed by atoms with van der Waals surface area (Å²) >= 11 is 1.46. The minimum atomic E-state index is -4.00. The second-order valence-corrected chi connectivity index (χ2v) is 11.5. The van der Waals surface area contributed by atoms with Gasteiger partial charge in [-0.25, -0.2) is 17.2 Å². The van der Waals surface area contributed by atoms with E-state index >= 15 is 4.39 Å². The van der Waals surface area contributed by atoms with Crippen molar-refractivity contribution in [1.82, 2.24) is 4.98 Å². The van der Waals surface area contributed by atoms with Crippen LogP contribution in [-0.2, 0) is 22.2 Å². The smallest absolute Gasteiger partial charge is 0.258 e. The van der Waals surface area contributed by atoms with Crippen LogP contribution >= 0.6 is 11.3 Å². The number of hydrogen-bond donors (Lipinski definition) is 1. The van der Waals surface area contributed by atoms with Gasteiger partial charge in [0.05, 0.1) is 25.5 Å². The number of benzene rings is 3. The molecular weight excluding hydrogens is 584 g/mol. The van der Waals surface area contributed by atoms with Crippen LogP contribution in [0.2, 0.25) is 0 Å². The van der Waals surface area contributed by atoms with Crippen LogP contribution in [0.5, 0.6) is 23.0 Å². The van der Waals surface area contributed by atoms with Crippen LogP contribution < -0.4 is 19.5 Å². The standard InChI is InChI=1S/C30H25F2N3O5S2/c1-38-28-15-23-25(16-29(28)39-2)33-11-9-26(23)40-27-8-7-22(14-24(27)32)34-30(13-20-10-12-41-17-20)35-42(36,37)18-19-3-5-21(31)6-4-19/h3-12,14-17H,13,18H2,1-2H3,(H,34,35). The normalized spacial score (nSPS) is 11.9. The van der Waals surface area contributed by atoms with Crippen LogP contribution in [0.15, 0.2) is 88.1 Å². The molecule has 5 aromatic rings. The van der Waals surface area contributed by atoms with Crippen molar-refractivity contribution >= 4 is 43.8 Å². The molecule has 0 unspecified atom stereocenters. The third-order valence-corrected chi connectivity index (χ3v) is 8.04. The van der Waals surface area contributed by atoms with Gasteiger partial charge in [0.15, 0.2) is 23.1 Å². The number of nitrogens with one attached hydrogen (secondary N) is 1. The molecule has 0 aliphatic carbocycles. The summed E-state index contributed by atoms with van der Waals surface area (Å²) in [5.74, 6) is -0.203. The number of methoxy groups -OCH3 is 2. The van der Waals surface area contributed by atoms with E-state index in [-0.39, 0.29) is 23.7 Å². The molecule has 0 aliphatic heterocycles. The molecule has 0 saturated heterocycles. The van der Waals surface area contributed by atoms with Gasteiger partial charge >= 0.3 is 0 Å². The van der Waals surface area contributed by atoms with Gasteiger partial charge in [0.1, 0.15) is 17.4 Å². The first-order valence-electron chi connectivity index (χ1n) is 12.5. The van der Waals surface area contributed by atoms with E-state index in [1.807, 2.05) is 16.8 Å². The highest BCUT2D eigenvalue weighted by Crippen LogP contribution is 2.37. The van der Waals surface area contributed by atoms with Crippen LogP contribution in [0.25, 0.3) is 10.9 Å². The summed E-state index contributed by atoms with van der Waals surface area (Å²) in [4.78, 5) is 4.33. The summed E-state index contributed by atoms with van der Waals surface area (Å²) in [5.41, 5.74) is 2.07. The summed E-state index contributed by atoms with van der Waals surface area (Å²) in [5, 5.41) is 7.26. The largest absolute Gasteiger partial charge is 0.493 e. The zero-order chi connectivity index (χ0) is 29.7. The number of nitrogens with zero attached hydrogens (tertiary/aromatic N) is 2. The van der Waals surface area contributed by atoms with Crippen molar-refractivity contribution in [2.45, 2.75) is 12.2 Å². The quantitative estimate of drug-likeness (QED) is 0.135. The minimum absolute atomic E-state index is 0.0527. The number of pyridine rings is 1. The van der Waals surface area contributed by atoms with Gasteiger partial charge in [-0.2, -0.15) is 11.3 Å². The van der Waals surface area contributed by atoms with Crippen molar-refractivity contribution in [3.63, 3.8) is 0 Å². The predicted octanol–water partition coefficient (Wildman–Crippen LogP) is 6.97. The summed E-state index contributed by atoms with van der Waals surface area (Å²) in [6.45, 7) is 0. The number of anilines is 1. The number of halogens is 2. The van der Waals surface area contributed by atoms with Crippen molar-refractivity contribution in [3.8, 4) is 23.0 Å². The molecule has 0 saturated carbocycles. The highest BCUT2D eigenvalue weighted by Gasteiger charge is 2.16. The van der Waals surface area contributed by atoms with Crippen molar-refractivity contribution in [2.24, 2.45) is 4.40 Å². The lowest BCUT2D eigenvalue weighted by Crippen LogP contribution is -2.18. The third kappa shape index (κ3) is 7.01. The Hall–Kier alpha value is -4.55. The Bertz CT molecular complexity index is 1850. The zero-order valence-corrected chi connectivity index (χ0v) is 24.1. The molecule has 2 aromatic heterocycles. The van der Waals surface area contributed by atoms with Gasteiger partial charge < -0.3 is 19.5 Å². The SMILES string of the molecule is COc1cc2nccc(Oc3ccc(N/C(Cc4ccsc4)=N\S(=O)(=O)Cc4ccc(F)cc4)cc3F)c2cc1OC. The zero-order valence-electron chi connectivity index (χ0n) is 22.5. The Labute approximate surface area is 245 Å². The maximum Gasteiger partial charge on any atom is 0.258 e. The van der Waals surface area contributed by atoms with Gasteiger partial charge in [-0.3, -0.25) is 4.98 Å². The maximum atomic E-state index is 15.3. The average Bonchev–Trinajstić information content (AvgIpc) is 3.47. The highest BCUT2D eigenvalue weighted by atomic mass is 32.2. The Kier molecular flexibility index (Phi) is 8.64. The summed E-state index contributed by atoms with van der Waals surface area (Å²) in [6, 6.07) is 16.2. The van der Waals surface area contributed by atoms with E-state index in [1.165, 1.54) is 68.2 Å². The van der Waals surface area contributed by atoms with Crippen LogP contribution in [0, 0.1) is 11.6 Å². The number of amidine groups is 1. The number of aromatic nitrogens is 1. The molecule has 3 aromatic carbocycles. The van der Waals surface area contributed by atoms with Crippen molar-refractivity contribution in [3.05, 3.63) is 106 Å². The average molecular weight is 610 g/mol. The first-order chi connectivity index (χ1) is 20.2. The molecule has 5 rings (SSSR count). The Morgan fingerprint density at radius 1 is 0.905 bits per heavy atom. The van der Waals surface area contributed by atoms with Gasteiger partial charge in [0, 0.05) is 35.8 Å². The lowest BCUT2D eigenvalue weighted by atomic mass is 10.1. The molecular formula is C30H25F2N3O5S2. The monoisotopic (exact) mass is 609 g/mol. The van der Waals surface area contributed by atoms with Gasteiger partial charge in [-0.05, 0) is 64.4 Å². The molecule has 0 fully saturated rings. The van der Waals surface area contributed by atoms with E-state index in [0.717, 1.165) is 5.56 Å². The molecule has 1 N–H and O–H groups in total. The maximum absolute atomic E-state index is 15.3. The van der Waals surface area contributed by atoms with Crippen LogP contribution in [0.1, 0.15) is 11.1 Å². The second-order valence-electron chi connectivity index (χ2n) is 9.10. The van der Waals surface area contributed by atoms with E-state index in [9.17, 15) is 12.8 Å². The van der Waals surface area contributed by atoms with E-state index in [2.05, 4.69) is 14.7 Å². The number of sulfonamides is 1. The highest BCUT2D eigenvalue weighted by molar-refractivity contribution is 7.89. The summed E-state index contributed by atoms with van der Waals surface area (Å²) in [6.07, 6.45) is 1.71. The van der Waals surface area contributed by atoms with E-state index in [0.29, 0.717) is 33.7 Å². The number of thiophene rings is 1. The van der Waals surface area contributed by atoms with Crippen molar-refractivity contribution in [1.29, 1.82) is 0 Å². The molecule has 0 amide bonds. The Balaban J connectivity index is 1.40. The first kappa shape index (κ1) is 29.0. The minimum Gasteiger partial charge on any atom is -0.493 e. The number of hydrogen-bond acceptors (Lipinski definition) is 7. The second kappa shape index (κ2) is 12.5. The van der Waals surface area contributed by atoms with E-state index in [4.69, 9.17) is 14.2 Å². The molecule has 0 atom stereocenters. The molecule has 216 valence electrons. The first-order valence-corrected chi connectivity index (χ1v) is 15.1. The Morgan fingerprint density at radius 3 is 2.36 bits per heavy atom. The lowest BCUT2D eigenvalue weighted by Gasteiger charge is -2.14. The van der Waals surface area contributed by atoms with E-state index < -0.39 is 27.4 Å². The topological polar surface area (TPSA) is 99.1 Å². The molecule has 42 heavy (non-hydrogen) atoms. The van der Waals surface area contributed by atoms with Crippen LogP contribution in [0.4, 0.5) is 14.5 Å². The summed E-state index contributed by atoms with van der Waals surface area (Å²) < 4.78 is 74.9. The molecule has 0 aliphatic rings. The number of ether oxygens (including phenoxy) is 3. The van der Waals surface area contributed by atoms with Gasteiger partial charge in [-0.15, -0.1) is 4.40 Å².